The van der Waals surface area contributed by atoms with E-state index < -0.39 is 22.0 Å². The predicted octanol–water partition coefficient (Wildman–Crippen LogP) is 1.07. The van der Waals surface area contributed by atoms with Crippen molar-refractivity contribution in [1.29, 1.82) is 0 Å². The number of hydrogen-bond donors (Lipinski definition) is 2. The Morgan fingerprint density at radius 2 is 2.28 bits per heavy atom. The lowest BCUT2D eigenvalue weighted by Crippen LogP contribution is -2.40. The van der Waals surface area contributed by atoms with Crippen LogP contribution in [0.15, 0.2) is 16.3 Å². The number of nitrogens with one attached hydrogen (secondary N) is 1. The van der Waals surface area contributed by atoms with Crippen LogP contribution in [0, 0.1) is 12.3 Å². The monoisotopic (exact) mass is 287 g/mol. The first-order valence-electron chi connectivity index (χ1n) is 5.18. The van der Waals surface area contributed by atoms with Crippen molar-refractivity contribution >= 4 is 27.3 Å². The maximum absolute atomic E-state index is 11.9. The Morgan fingerprint density at radius 1 is 1.61 bits per heavy atom. The lowest BCUT2D eigenvalue weighted by Gasteiger charge is -2.10. The van der Waals surface area contributed by atoms with Gasteiger partial charge in [-0.15, -0.1) is 23.7 Å². The average molecular weight is 287 g/mol. The van der Waals surface area contributed by atoms with E-state index in [1.807, 2.05) is 6.92 Å². The third-order valence-corrected chi connectivity index (χ3v) is 5.36. The summed E-state index contributed by atoms with van der Waals surface area (Å²) in [5, 5.41) is 8.85. The smallest absolute Gasteiger partial charge is 0.322 e. The minimum atomic E-state index is -3.82. The third-order valence-electron chi connectivity index (χ3n) is 2.17. The first kappa shape index (κ1) is 14.7. The first-order chi connectivity index (χ1) is 8.40. The number of carboxylic acids is 1. The fraction of sp³-hybridized carbons (Fsp3) is 0.364. The van der Waals surface area contributed by atoms with Gasteiger partial charge in [-0.3, -0.25) is 4.79 Å². The summed E-state index contributed by atoms with van der Waals surface area (Å²) in [6.07, 6.45) is 5.54. The number of terminal acetylenes is 1. The Kier molecular flexibility index (Phi) is 4.90. The summed E-state index contributed by atoms with van der Waals surface area (Å²) < 4.78 is 26.0. The van der Waals surface area contributed by atoms with Gasteiger partial charge >= 0.3 is 5.97 Å². The molecule has 0 fully saturated rings. The van der Waals surface area contributed by atoms with E-state index in [9.17, 15) is 13.2 Å². The summed E-state index contributed by atoms with van der Waals surface area (Å²) in [4.78, 5) is 11.8. The molecule has 1 aromatic heterocycles. The van der Waals surface area contributed by atoms with Gasteiger partial charge in [-0.2, -0.15) is 4.72 Å². The summed E-state index contributed by atoms with van der Waals surface area (Å²) >= 11 is 1.12. The van der Waals surface area contributed by atoms with Crippen LogP contribution < -0.4 is 4.72 Å². The molecule has 0 amide bonds. The summed E-state index contributed by atoms with van der Waals surface area (Å²) in [6, 6.07) is 1.86. The predicted molar refractivity (Wildman–Crippen MR) is 68.9 cm³/mol. The van der Waals surface area contributed by atoms with Gasteiger partial charge in [0.1, 0.15) is 10.3 Å². The zero-order chi connectivity index (χ0) is 13.8. The highest BCUT2D eigenvalue weighted by Gasteiger charge is 2.25. The van der Waals surface area contributed by atoms with E-state index >= 15 is 0 Å². The van der Waals surface area contributed by atoms with Crippen molar-refractivity contribution in [1.82, 2.24) is 4.72 Å². The molecule has 18 heavy (non-hydrogen) atoms. The van der Waals surface area contributed by atoms with Crippen LogP contribution in [0.4, 0.5) is 0 Å². The zero-order valence-corrected chi connectivity index (χ0v) is 11.3. The second-order valence-electron chi connectivity index (χ2n) is 3.49. The minimum absolute atomic E-state index is 0.0996. The number of sulfonamides is 1. The fourth-order valence-corrected chi connectivity index (χ4v) is 3.74. The molecule has 7 heteroatoms. The Hall–Kier alpha value is -1.36. The molecular weight excluding hydrogens is 274 g/mol. The molecule has 1 heterocycles. The van der Waals surface area contributed by atoms with E-state index in [-0.39, 0.29) is 10.6 Å². The molecule has 1 unspecified atom stereocenters. The van der Waals surface area contributed by atoms with Crippen LogP contribution in [-0.4, -0.2) is 25.5 Å². The van der Waals surface area contributed by atoms with Crippen LogP contribution in [0.1, 0.15) is 18.2 Å². The summed E-state index contributed by atoms with van der Waals surface area (Å²) in [5.74, 6) is 0.847. The Bertz CT molecular complexity index is 568. The first-order valence-corrected chi connectivity index (χ1v) is 7.48. The molecule has 1 rings (SSSR count). The van der Waals surface area contributed by atoms with Crippen LogP contribution in [0.5, 0.6) is 0 Å². The second kappa shape index (κ2) is 6.00. The SMILES string of the molecule is C#CCC(NS(=O)(=O)c1ccc(CC)s1)C(=O)O. The van der Waals surface area contributed by atoms with Crippen molar-refractivity contribution in [2.24, 2.45) is 0 Å². The van der Waals surface area contributed by atoms with Crippen LogP contribution in [-0.2, 0) is 21.2 Å². The summed E-state index contributed by atoms with van der Waals surface area (Å²) in [7, 11) is -3.82. The molecule has 1 atom stereocenters. The number of carboxylic acid groups (broad SMARTS) is 1. The van der Waals surface area contributed by atoms with Gasteiger partial charge in [-0.1, -0.05) is 6.92 Å². The maximum atomic E-state index is 11.9. The van der Waals surface area contributed by atoms with Gasteiger partial charge in [-0.25, -0.2) is 8.42 Å². The van der Waals surface area contributed by atoms with Gasteiger partial charge in [0, 0.05) is 11.3 Å². The molecule has 0 aliphatic rings. The Labute approximate surface area is 110 Å². The van der Waals surface area contributed by atoms with Crippen molar-refractivity contribution < 1.29 is 18.3 Å². The standard InChI is InChI=1S/C11H13NO4S2/c1-3-5-9(11(13)14)12-18(15,16)10-7-6-8(4-2)17-10/h1,6-7,9,12H,4-5H2,2H3,(H,13,14). The molecule has 0 saturated carbocycles. The zero-order valence-electron chi connectivity index (χ0n) is 9.71. The number of aliphatic carboxylic acids is 1. The molecule has 0 bridgehead atoms. The van der Waals surface area contributed by atoms with Gasteiger partial charge in [0.15, 0.2) is 0 Å². The Morgan fingerprint density at radius 3 is 2.72 bits per heavy atom. The number of rotatable bonds is 6. The molecule has 2 N–H and O–H groups in total. The fourth-order valence-electron chi connectivity index (χ4n) is 1.24. The van der Waals surface area contributed by atoms with Crippen LogP contribution >= 0.6 is 11.3 Å². The van der Waals surface area contributed by atoms with Gasteiger partial charge in [0.2, 0.25) is 0 Å². The van der Waals surface area contributed by atoms with E-state index in [0.29, 0.717) is 0 Å². The van der Waals surface area contributed by atoms with Crippen molar-refractivity contribution in [3.8, 4) is 12.3 Å². The number of hydrogen-bond acceptors (Lipinski definition) is 4. The van der Waals surface area contributed by atoms with Crippen molar-refractivity contribution in [3.63, 3.8) is 0 Å². The van der Waals surface area contributed by atoms with E-state index in [0.717, 1.165) is 22.6 Å². The van der Waals surface area contributed by atoms with E-state index in [1.54, 1.807) is 6.07 Å². The molecule has 98 valence electrons. The number of carbonyl (C=O) groups is 1. The van der Waals surface area contributed by atoms with E-state index in [2.05, 4.69) is 10.6 Å². The quantitative estimate of drug-likeness (QED) is 0.766. The average Bonchev–Trinajstić information content (AvgIpc) is 2.77. The van der Waals surface area contributed by atoms with E-state index in [4.69, 9.17) is 11.5 Å². The molecule has 0 saturated heterocycles. The number of thiophene rings is 1. The third kappa shape index (κ3) is 3.57. The van der Waals surface area contributed by atoms with Crippen molar-refractivity contribution in [2.75, 3.05) is 0 Å². The highest BCUT2D eigenvalue weighted by molar-refractivity contribution is 7.91. The molecule has 0 aliphatic heterocycles. The largest absolute Gasteiger partial charge is 0.480 e. The summed E-state index contributed by atoms with van der Waals surface area (Å²) in [5.41, 5.74) is 0. The van der Waals surface area contributed by atoms with Crippen molar-refractivity contribution in [2.45, 2.75) is 30.0 Å². The van der Waals surface area contributed by atoms with Gasteiger partial charge in [0.25, 0.3) is 10.0 Å². The molecule has 1 aromatic rings. The van der Waals surface area contributed by atoms with Crippen LogP contribution in [0.25, 0.3) is 0 Å². The molecular formula is C11H13NO4S2. The molecule has 0 aromatic carbocycles. The van der Waals surface area contributed by atoms with Gasteiger partial charge in [0.05, 0.1) is 0 Å². The molecule has 0 radical (unpaired) electrons. The summed E-state index contributed by atoms with van der Waals surface area (Å²) in [6.45, 7) is 1.91. The lowest BCUT2D eigenvalue weighted by molar-refractivity contribution is -0.138. The van der Waals surface area contributed by atoms with Gasteiger partial charge < -0.3 is 5.11 Å². The minimum Gasteiger partial charge on any atom is -0.480 e. The van der Waals surface area contributed by atoms with Crippen LogP contribution in [0.3, 0.4) is 0 Å². The Balaban J connectivity index is 2.93. The van der Waals surface area contributed by atoms with Crippen molar-refractivity contribution in [3.05, 3.63) is 17.0 Å². The van der Waals surface area contributed by atoms with Crippen LogP contribution in [0.2, 0.25) is 0 Å². The normalized spacial score (nSPS) is 12.9. The molecule has 0 spiro atoms. The second-order valence-corrected chi connectivity index (χ2v) is 6.60. The number of aryl methyl sites for hydroxylation is 1. The molecule has 0 aliphatic carbocycles. The van der Waals surface area contributed by atoms with E-state index in [1.165, 1.54) is 6.07 Å². The highest BCUT2D eigenvalue weighted by atomic mass is 32.2. The topological polar surface area (TPSA) is 83.5 Å². The molecule has 5 nitrogen and oxygen atoms in total. The van der Waals surface area contributed by atoms with Gasteiger partial charge in [-0.05, 0) is 18.6 Å². The lowest BCUT2D eigenvalue weighted by atomic mass is 10.2. The maximum Gasteiger partial charge on any atom is 0.322 e. The highest BCUT2D eigenvalue weighted by Crippen LogP contribution is 2.22.